The topological polar surface area (TPSA) is 84.2 Å². The van der Waals surface area contributed by atoms with Crippen molar-refractivity contribution in [1.82, 2.24) is 10.0 Å². The van der Waals surface area contributed by atoms with Crippen molar-refractivity contribution in [3.8, 4) is 0 Å². The van der Waals surface area contributed by atoms with E-state index in [-0.39, 0.29) is 6.04 Å². The Morgan fingerprint density at radius 2 is 2.00 bits per heavy atom. The molecule has 2 aliphatic rings. The summed E-state index contributed by atoms with van der Waals surface area (Å²) in [6.45, 7) is 2.05. The van der Waals surface area contributed by atoms with Crippen molar-refractivity contribution in [1.29, 1.82) is 0 Å². The van der Waals surface area contributed by atoms with E-state index in [0.29, 0.717) is 5.41 Å². The lowest BCUT2D eigenvalue weighted by molar-refractivity contribution is 0.0328. The Kier molecular flexibility index (Phi) is 1.69. The highest BCUT2D eigenvalue weighted by atomic mass is 32.2. The maximum absolute atomic E-state index is 10.6. The van der Waals surface area contributed by atoms with Gasteiger partial charge in [0.25, 0.3) is 10.2 Å². The number of hydrogen-bond acceptors (Lipinski definition) is 3. The highest BCUT2D eigenvalue weighted by molar-refractivity contribution is 7.87. The molecule has 1 heterocycles. The molecule has 1 saturated heterocycles. The molecule has 5 nitrogen and oxygen atoms in total. The van der Waals surface area contributed by atoms with Crippen LogP contribution < -0.4 is 15.2 Å². The van der Waals surface area contributed by atoms with Crippen LogP contribution in [0.4, 0.5) is 0 Å². The summed E-state index contributed by atoms with van der Waals surface area (Å²) in [5.41, 5.74) is 0.391. The van der Waals surface area contributed by atoms with Gasteiger partial charge in [-0.15, -0.1) is 0 Å². The zero-order valence-corrected chi connectivity index (χ0v) is 7.52. The van der Waals surface area contributed by atoms with Crippen LogP contribution in [0.2, 0.25) is 0 Å². The Morgan fingerprint density at radius 1 is 1.42 bits per heavy atom. The van der Waals surface area contributed by atoms with Crippen LogP contribution in [-0.2, 0) is 10.2 Å². The van der Waals surface area contributed by atoms with Gasteiger partial charge >= 0.3 is 0 Å². The minimum absolute atomic E-state index is 0.0714. The predicted octanol–water partition coefficient (Wildman–Crippen LogP) is -1.47. The molecular formula is C6H13N3O2S. The summed E-state index contributed by atoms with van der Waals surface area (Å²) in [5, 5.41) is 8.02. The molecule has 6 heteroatoms. The fraction of sp³-hybridized carbons (Fsp3) is 1.00. The summed E-state index contributed by atoms with van der Waals surface area (Å²) >= 11 is 0. The van der Waals surface area contributed by atoms with Gasteiger partial charge < -0.3 is 5.32 Å². The highest BCUT2D eigenvalue weighted by Crippen LogP contribution is 2.44. The Hall–Kier alpha value is -0.170. The normalized spacial score (nSPS) is 28.1. The maximum atomic E-state index is 10.6. The molecule has 1 aliphatic heterocycles. The van der Waals surface area contributed by atoms with Crippen molar-refractivity contribution in [3.05, 3.63) is 0 Å². The van der Waals surface area contributed by atoms with E-state index in [0.717, 1.165) is 25.9 Å². The molecule has 0 atom stereocenters. The molecule has 0 radical (unpaired) electrons. The van der Waals surface area contributed by atoms with Crippen LogP contribution in [-0.4, -0.2) is 27.5 Å². The van der Waals surface area contributed by atoms with Gasteiger partial charge in [-0.1, -0.05) is 0 Å². The van der Waals surface area contributed by atoms with E-state index in [4.69, 9.17) is 5.14 Å². The van der Waals surface area contributed by atoms with Gasteiger partial charge in [-0.2, -0.15) is 13.1 Å². The van der Waals surface area contributed by atoms with Gasteiger partial charge in [0, 0.05) is 19.1 Å². The lowest BCUT2D eigenvalue weighted by Crippen LogP contribution is -2.65. The second kappa shape index (κ2) is 2.41. The first-order chi connectivity index (χ1) is 5.49. The van der Waals surface area contributed by atoms with Crippen LogP contribution >= 0.6 is 0 Å². The summed E-state index contributed by atoms with van der Waals surface area (Å²) in [7, 11) is -3.49. The molecule has 4 N–H and O–H groups in total. The average molecular weight is 191 g/mol. The third-order valence-corrected chi connectivity index (χ3v) is 3.35. The Labute approximate surface area is 71.9 Å². The van der Waals surface area contributed by atoms with Crippen molar-refractivity contribution >= 4 is 10.2 Å². The van der Waals surface area contributed by atoms with Crippen LogP contribution in [0, 0.1) is 5.41 Å². The molecule has 1 saturated carbocycles. The van der Waals surface area contributed by atoms with E-state index in [1.807, 2.05) is 0 Å². The number of nitrogens with two attached hydrogens (primary N) is 1. The molecule has 2 rings (SSSR count). The second-order valence-corrected chi connectivity index (χ2v) is 5.20. The Balaban J connectivity index is 1.82. The van der Waals surface area contributed by atoms with Crippen molar-refractivity contribution < 1.29 is 8.42 Å². The Morgan fingerprint density at radius 3 is 2.33 bits per heavy atom. The molecule has 0 aromatic heterocycles. The highest BCUT2D eigenvalue weighted by Gasteiger charge is 2.48. The SMILES string of the molecule is NS(=O)(=O)NC1CC2(CNC2)C1. The molecule has 0 aromatic carbocycles. The smallest absolute Gasteiger partial charge is 0.274 e. The van der Waals surface area contributed by atoms with E-state index in [1.54, 1.807) is 0 Å². The molecule has 0 aromatic rings. The van der Waals surface area contributed by atoms with Gasteiger partial charge in [-0.3, -0.25) is 0 Å². The first kappa shape index (κ1) is 8.43. The van der Waals surface area contributed by atoms with Gasteiger partial charge in [0.15, 0.2) is 0 Å². The average Bonchev–Trinajstić information content (AvgIpc) is 1.69. The van der Waals surface area contributed by atoms with E-state index in [1.165, 1.54) is 0 Å². The molecule has 1 aliphatic carbocycles. The van der Waals surface area contributed by atoms with Crippen molar-refractivity contribution in [3.63, 3.8) is 0 Å². The zero-order chi connectivity index (χ0) is 8.82. The van der Waals surface area contributed by atoms with Crippen molar-refractivity contribution in [2.45, 2.75) is 18.9 Å². The molecule has 0 amide bonds. The van der Waals surface area contributed by atoms with E-state index < -0.39 is 10.2 Å². The van der Waals surface area contributed by atoms with Crippen molar-refractivity contribution in [2.75, 3.05) is 13.1 Å². The number of nitrogens with one attached hydrogen (secondary N) is 2. The lowest BCUT2D eigenvalue weighted by atomic mass is 9.62. The molecule has 2 fully saturated rings. The third kappa shape index (κ3) is 1.47. The zero-order valence-electron chi connectivity index (χ0n) is 6.71. The van der Waals surface area contributed by atoms with Gasteiger partial charge in [-0.25, -0.2) is 5.14 Å². The molecule has 0 bridgehead atoms. The van der Waals surface area contributed by atoms with Crippen molar-refractivity contribution in [2.24, 2.45) is 10.6 Å². The fourth-order valence-electron chi connectivity index (χ4n) is 2.07. The Bertz CT molecular complexity index is 275. The van der Waals surface area contributed by atoms with Crippen LogP contribution in [0.25, 0.3) is 0 Å². The van der Waals surface area contributed by atoms with E-state index in [9.17, 15) is 8.42 Å². The van der Waals surface area contributed by atoms with E-state index >= 15 is 0 Å². The summed E-state index contributed by atoms with van der Waals surface area (Å²) in [4.78, 5) is 0. The van der Waals surface area contributed by atoms with Gasteiger partial charge in [0.1, 0.15) is 0 Å². The first-order valence-electron chi connectivity index (χ1n) is 4.00. The standard InChI is InChI=1S/C6H13N3O2S/c7-12(10,11)9-5-1-6(2-5)3-8-4-6/h5,8-9H,1-4H2,(H2,7,10,11). The summed E-state index contributed by atoms with van der Waals surface area (Å²) in [6, 6.07) is 0.0714. The molecule has 70 valence electrons. The third-order valence-electron chi connectivity index (χ3n) is 2.69. The second-order valence-electron chi connectivity index (χ2n) is 3.87. The van der Waals surface area contributed by atoms with Crippen LogP contribution in [0.5, 0.6) is 0 Å². The largest absolute Gasteiger partial charge is 0.316 e. The lowest BCUT2D eigenvalue weighted by Gasteiger charge is -2.54. The van der Waals surface area contributed by atoms with Gasteiger partial charge in [0.05, 0.1) is 0 Å². The molecule has 1 spiro atoms. The maximum Gasteiger partial charge on any atom is 0.274 e. The molecule has 0 unspecified atom stereocenters. The predicted molar refractivity (Wildman–Crippen MR) is 44.6 cm³/mol. The van der Waals surface area contributed by atoms with Crippen LogP contribution in [0.3, 0.4) is 0 Å². The van der Waals surface area contributed by atoms with E-state index in [2.05, 4.69) is 10.0 Å². The summed E-state index contributed by atoms with van der Waals surface area (Å²) in [5.74, 6) is 0. The molecular weight excluding hydrogens is 178 g/mol. The minimum atomic E-state index is -3.49. The van der Waals surface area contributed by atoms with Crippen LogP contribution in [0.15, 0.2) is 0 Å². The number of rotatable bonds is 2. The first-order valence-corrected chi connectivity index (χ1v) is 5.55. The monoisotopic (exact) mass is 191 g/mol. The van der Waals surface area contributed by atoms with Gasteiger partial charge in [-0.05, 0) is 18.3 Å². The summed E-state index contributed by atoms with van der Waals surface area (Å²) < 4.78 is 23.6. The quantitative estimate of drug-likeness (QED) is 0.498. The van der Waals surface area contributed by atoms with Crippen LogP contribution in [0.1, 0.15) is 12.8 Å². The fourth-order valence-corrected chi connectivity index (χ4v) is 2.70. The minimum Gasteiger partial charge on any atom is -0.316 e. The molecule has 12 heavy (non-hydrogen) atoms. The summed E-state index contributed by atoms with van der Waals surface area (Å²) in [6.07, 6.45) is 1.85. The van der Waals surface area contributed by atoms with Gasteiger partial charge in [0.2, 0.25) is 0 Å². The number of hydrogen-bond donors (Lipinski definition) is 3.